The molecule has 1 atom stereocenters. The Hall–Kier alpha value is -2.48. The predicted octanol–water partition coefficient (Wildman–Crippen LogP) is 5.08. The number of thioether (sulfide) groups is 1. The number of carbonyl (C=O) groups excluding carboxylic acids is 2. The Bertz CT molecular complexity index is 950. The molecule has 2 aromatic carbocycles. The second-order valence-corrected chi connectivity index (χ2v) is 7.86. The zero-order chi connectivity index (χ0) is 21.4. The number of carboxylic acids is 1. The smallest absolute Gasteiger partial charge is 0.328 e. The van der Waals surface area contributed by atoms with Crippen molar-refractivity contribution in [2.75, 3.05) is 10.6 Å². The summed E-state index contributed by atoms with van der Waals surface area (Å²) in [6, 6.07) is 11.9. The average molecular weight is 453 g/mol. The number of halogens is 2. The molecule has 0 aliphatic heterocycles. The second-order valence-electron chi connectivity index (χ2n) is 5.79. The Morgan fingerprint density at radius 3 is 2.52 bits per heavy atom. The zero-order valence-corrected chi connectivity index (χ0v) is 17.6. The summed E-state index contributed by atoms with van der Waals surface area (Å²) in [6.07, 6.45) is 2.25. The van der Waals surface area contributed by atoms with Crippen LogP contribution in [0, 0.1) is 0 Å². The monoisotopic (exact) mass is 452 g/mol. The van der Waals surface area contributed by atoms with Gasteiger partial charge >= 0.3 is 5.97 Å². The van der Waals surface area contributed by atoms with E-state index in [1.165, 1.54) is 11.8 Å². The lowest BCUT2D eigenvalue weighted by Gasteiger charge is -2.16. The van der Waals surface area contributed by atoms with Gasteiger partial charge in [0.05, 0.1) is 21.0 Å². The summed E-state index contributed by atoms with van der Waals surface area (Å²) in [5.41, 5.74) is 0.928. The molecule has 0 aromatic heterocycles. The maximum Gasteiger partial charge on any atom is 0.328 e. The minimum atomic E-state index is -1.21. The summed E-state index contributed by atoms with van der Waals surface area (Å²) >= 11 is 13.4. The Balaban J connectivity index is 2.06. The lowest BCUT2D eigenvalue weighted by molar-refractivity contribution is -0.131. The predicted molar refractivity (Wildman–Crippen MR) is 117 cm³/mol. The van der Waals surface area contributed by atoms with Gasteiger partial charge in [0.1, 0.15) is 0 Å². The van der Waals surface area contributed by atoms with Crippen LogP contribution in [0.3, 0.4) is 0 Å². The van der Waals surface area contributed by atoms with Crippen molar-refractivity contribution in [1.29, 1.82) is 0 Å². The Labute approximate surface area is 182 Å². The summed E-state index contributed by atoms with van der Waals surface area (Å²) in [4.78, 5) is 35.6. The van der Waals surface area contributed by atoms with E-state index in [2.05, 4.69) is 10.6 Å². The summed E-state index contributed by atoms with van der Waals surface area (Å²) in [6.45, 7) is 1.89. The lowest BCUT2D eigenvalue weighted by Crippen LogP contribution is -2.24. The average Bonchev–Trinajstić information content (AvgIpc) is 2.68. The highest BCUT2D eigenvalue weighted by molar-refractivity contribution is 8.00. The largest absolute Gasteiger partial charge is 0.478 e. The third kappa shape index (κ3) is 7.12. The SMILES string of the molecule is CCC(Sc1cccc(NC(=O)/C=C/C(=O)O)c1)C(=O)Nc1cccc(Cl)c1Cl. The van der Waals surface area contributed by atoms with Gasteiger partial charge in [0.25, 0.3) is 0 Å². The van der Waals surface area contributed by atoms with E-state index in [0.29, 0.717) is 22.8 Å². The number of hydrogen-bond donors (Lipinski definition) is 3. The number of nitrogens with one attached hydrogen (secondary N) is 2. The number of benzene rings is 2. The van der Waals surface area contributed by atoms with Crippen LogP contribution in [-0.2, 0) is 14.4 Å². The minimum Gasteiger partial charge on any atom is -0.478 e. The van der Waals surface area contributed by atoms with Gasteiger partial charge in [0, 0.05) is 22.7 Å². The van der Waals surface area contributed by atoms with E-state index in [4.69, 9.17) is 28.3 Å². The first-order valence-electron chi connectivity index (χ1n) is 8.53. The van der Waals surface area contributed by atoms with Gasteiger partial charge in [-0.05, 0) is 36.8 Å². The van der Waals surface area contributed by atoms with Crippen molar-refractivity contribution < 1.29 is 19.5 Å². The molecule has 0 spiro atoms. The van der Waals surface area contributed by atoms with Gasteiger partial charge in [-0.1, -0.05) is 42.3 Å². The molecule has 2 aromatic rings. The summed E-state index contributed by atoms with van der Waals surface area (Å²) in [7, 11) is 0. The molecule has 0 aliphatic carbocycles. The molecular weight excluding hydrogens is 435 g/mol. The van der Waals surface area contributed by atoms with Crippen molar-refractivity contribution in [2.45, 2.75) is 23.5 Å². The Morgan fingerprint density at radius 1 is 1.10 bits per heavy atom. The first kappa shape index (κ1) is 22.8. The van der Waals surface area contributed by atoms with Crippen LogP contribution in [-0.4, -0.2) is 28.1 Å². The molecule has 0 aliphatic rings. The van der Waals surface area contributed by atoms with Crippen molar-refractivity contribution in [3.63, 3.8) is 0 Å². The normalized spacial score (nSPS) is 11.8. The van der Waals surface area contributed by atoms with E-state index in [1.807, 2.05) is 13.0 Å². The number of amides is 2. The first-order valence-corrected chi connectivity index (χ1v) is 10.2. The van der Waals surface area contributed by atoms with Crippen LogP contribution in [0.25, 0.3) is 0 Å². The lowest BCUT2D eigenvalue weighted by atomic mass is 10.2. The van der Waals surface area contributed by atoms with E-state index in [9.17, 15) is 14.4 Å². The number of aliphatic carboxylic acids is 1. The molecule has 2 rings (SSSR count). The van der Waals surface area contributed by atoms with Crippen LogP contribution in [0.2, 0.25) is 10.0 Å². The highest BCUT2D eigenvalue weighted by Gasteiger charge is 2.19. The van der Waals surface area contributed by atoms with Crippen LogP contribution >= 0.6 is 35.0 Å². The molecule has 6 nitrogen and oxygen atoms in total. The van der Waals surface area contributed by atoms with E-state index < -0.39 is 17.1 Å². The maximum absolute atomic E-state index is 12.7. The molecule has 2 amide bonds. The van der Waals surface area contributed by atoms with Crippen LogP contribution in [0.1, 0.15) is 13.3 Å². The van der Waals surface area contributed by atoms with Crippen LogP contribution in [0.15, 0.2) is 59.5 Å². The quantitative estimate of drug-likeness (QED) is 0.383. The van der Waals surface area contributed by atoms with Crippen LogP contribution in [0.5, 0.6) is 0 Å². The molecule has 152 valence electrons. The number of carbonyl (C=O) groups is 3. The Kier molecular flexibility index (Phi) is 8.57. The third-order valence-corrected chi connectivity index (χ3v) is 5.81. The summed E-state index contributed by atoms with van der Waals surface area (Å²) < 4.78 is 0. The second kappa shape index (κ2) is 10.9. The third-order valence-electron chi connectivity index (χ3n) is 3.63. The van der Waals surface area contributed by atoms with Crippen molar-refractivity contribution in [3.8, 4) is 0 Å². The number of carboxylic acid groups (broad SMARTS) is 1. The molecule has 0 fully saturated rings. The van der Waals surface area contributed by atoms with E-state index in [0.717, 1.165) is 17.0 Å². The first-order chi connectivity index (χ1) is 13.8. The maximum atomic E-state index is 12.7. The molecular formula is C20H18Cl2N2O4S. The van der Waals surface area contributed by atoms with Crippen LogP contribution < -0.4 is 10.6 Å². The van der Waals surface area contributed by atoms with Gasteiger partial charge < -0.3 is 15.7 Å². The van der Waals surface area contributed by atoms with Crippen molar-refractivity contribution >= 4 is 64.1 Å². The summed E-state index contributed by atoms with van der Waals surface area (Å²) in [5, 5.41) is 14.2. The van der Waals surface area contributed by atoms with Crippen molar-refractivity contribution in [2.24, 2.45) is 0 Å². The van der Waals surface area contributed by atoms with Crippen LogP contribution in [0.4, 0.5) is 11.4 Å². The highest BCUT2D eigenvalue weighted by Crippen LogP contribution is 2.32. The molecule has 1 unspecified atom stereocenters. The zero-order valence-electron chi connectivity index (χ0n) is 15.3. The number of anilines is 2. The molecule has 3 N–H and O–H groups in total. The van der Waals surface area contributed by atoms with Gasteiger partial charge in [-0.25, -0.2) is 4.79 Å². The fourth-order valence-electron chi connectivity index (χ4n) is 2.28. The van der Waals surface area contributed by atoms with Crippen molar-refractivity contribution in [3.05, 3.63) is 64.7 Å². The van der Waals surface area contributed by atoms with Crippen molar-refractivity contribution in [1.82, 2.24) is 0 Å². The minimum absolute atomic E-state index is 0.222. The fraction of sp³-hybridized carbons (Fsp3) is 0.150. The summed E-state index contributed by atoms with van der Waals surface area (Å²) in [5.74, 6) is -1.99. The Morgan fingerprint density at radius 2 is 1.83 bits per heavy atom. The standard InChI is InChI=1S/C20H18Cl2N2O4S/c1-2-16(20(28)24-15-8-4-7-14(21)19(15)22)29-13-6-3-5-12(11-13)23-17(25)9-10-18(26)27/h3-11,16H,2H2,1H3,(H,23,25)(H,24,28)(H,26,27)/b10-9+. The number of rotatable bonds is 8. The fourth-order valence-corrected chi connectivity index (χ4v) is 3.64. The molecule has 0 heterocycles. The van der Waals surface area contributed by atoms with E-state index >= 15 is 0 Å². The molecule has 29 heavy (non-hydrogen) atoms. The molecule has 0 saturated carbocycles. The molecule has 0 bridgehead atoms. The van der Waals surface area contributed by atoms with Gasteiger partial charge in [0.15, 0.2) is 0 Å². The van der Waals surface area contributed by atoms with Gasteiger partial charge in [-0.2, -0.15) is 0 Å². The molecule has 0 saturated heterocycles. The molecule has 9 heteroatoms. The topological polar surface area (TPSA) is 95.5 Å². The van der Waals surface area contributed by atoms with E-state index in [-0.39, 0.29) is 10.9 Å². The van der Waals surface area contributed by atoms with Gasteiger partial charge in [-0.15, -0.1) is 11.8 Å². The van der Waals surface area contributed by atoms with Gasteiger partial charge in [-0.3, -0.25) is 9.59 Å². The van der Waals surface area contributed by atoms with E-state index in [1.54, 1.807) is 36.4 Å². The van der Waals surface area contributed by atoms with Gasteiger partial charge in [0.2, 0.25) is 11.8 Å². The molecule has 0 radical (unpaired) electrons. The highest BCUT2D eigenvalue weighted by atomic mass is 35.5. The number of hydrogen-bond acceptors (Lipinski definition) is 4.